The van der Waals surface area contributed by atoms with Crippen LogP contribution < -0.4 is 24.6 Å². The molecule has 5 aromatic rings. The zero-order valence-electron chi connectivity index (χ0n) is 21.0. The van der Waals surface area contributed by atoms with Crippen LogP contribution in [0.4, 0.5) is 23.0 Å². The van der Waals surface area contributed by atoms with Gasteiger partial charge in [0.25, 0.3) is 0 Å². The number of hydrogen-bond acceptors (Lipinski definition) is 4. The van der Waals surface area contributed by atoms with Crippen molar-refractivity contribution in [2.45, 2.75) is 0 Å². The average Bonchev–Trinajstić information content (AvgIpc) is 2.93. The maximum Gasteiger partial charge on any atom is 0.673 e. The van der Waals surface area contributed by atoms with Crippen molar-refractivity contribution in [3.05, 3.63) is 108 Å². The molecule has 1 heterocycles. The fourth-order valence-electron chi connectivity index (χ4n) is 3.76. The molecular weight excluding hydrogens is 513 g/mol. The Hall–Kier alpha value is -4.73. The molecule has 0 fully saturated rings. The first-order valence-electron chi connectivity index (χ1n) is 11.8. The lowest BCUT2D eigenvalue weighted by Crippen LogP contribution is -2.70. The van der Waals surface area contributed by atoms with E-state index in [1.165, 1.54) is 0 Å². The van der Waals surface area contributed by atoms with Gasteiger partial charge in [-0.25, -0.2) is 4.99 Å². The van der Waals surface area contributed by atoms with Gasteiger partial charge in [0, 0.05) is 17.7 Å². The second-order valence-corrected chi connectivity index (χ2v) is 8.15. The molecule has 1 aromatic heterocycles. The molecule has 5 nitrogen and oxygen atoms in total. The number of ether oxygens (including phenoxy) is 3. The van der Waals surface area contributed by atoms with Gasteiger partial charge in [0.2, 0.25) is 11.0 Å². The highest BCUT2D eigenvalue weighted by Crippen LogP contribution is 2.32. The molecule has 4 aromatic carbocycles. The Morgan fingerprint density at radius 2 is 1.28 bits per heavy atom. The molecule has 0 spiro atoms. The molecular formula is C29H24BF4NO4. The Bertz CT molecular complexity index is 1600. The highest BCUT2D eigenvalue weighted by molar-refractivity contribution is 6.50. The molecule has 0 atom stereocenters. The zero-order valence-corrected chi connectivity index (χ0v) is 21.0. The highest BCUT2D eigenvalue weighted by Gasteiger charge is 2.20. The molecule has 5 rings (SSSR count). The lowest BCUT2D eigenvalue weighted by atomic mass is 10.1. The van der Waals surface area contributed by atoms with Crippen molar-refractivity contribution in [1.82, 2.24) is 0 Å². The van der Waals surface area contributed by atoms with E-state index in [4.69, 9.17) is 18.6 Å². The van der Waals surface area contributed by atoms with Gasteiger partial charge in [0.15, 0.2) is 11.5 Å². The molecule has 0 radical (unpaired) electrons. The topological polar surface area (TPSA) is 54.8 Å². The van der Waals surface area contributed by atoms with Crippen molar-refractivity contribution in [2.75, 3.05) is 14.2 Å². The number of rotatable bonds is 6. The summed E-state index contributed by atoms with van der Waals surface area (Å²) in [6.45, 7) is 0. The van der Waals surface area contributed by atoms with Gasteiger partial charge in [-0.3, -0.25) is 0 Å². The van der Waals surface area contributed by atoms with Gasteiger partial charge in [0.05, 0.1) is 25.7 Å². The monoisotopic (exact) mass is 537 g/mol. The summed E-state index contributed by atoms with van der Waals surface area (Å²) in [5.41, 5.74) is 2.61. The van der Waals surface area contributed by atoms with E-state index in [0.717, 1.165) is 39.1 Å². The van der Waals surface area contributed by atoms with Gasteiger partial charge in [-0.2, -0.15) is 0 Å². The first-order chi connectivity index (χ1) is 18.7. The molecule has 0 saturated heterocycles. The van der Waals surface area contributed by atoms with Crippen molar-refractivity contribution in [1.29, 1.82) is 0 Å². The number of halogens is 4. The molecule has 0 aliphatic carbocycles. The second kappa shape index (κ2) is 12.2. The molecule has 10 heteroatoms. The summed E-state index contributed by atoms with van der Waals surface area (Å²) < 4.78 is 62.0. The molecule has 0 unspecified atom stereocenters. The Morgan fingerprint density at radius 3 is 1.95 bits per heavy atom. The summed E-state index contributed by atoms with van der Waals surface area (Å²) in [5, 5.41) is 1.92. The summed E-state index contributed by atoms with van der Waals surface area (Å²) in [5.74, 6) is 3.61. The minimum Gasteiger partial charge on any atom is -0.493 e. The van der Waals surface area contributed by atoms with Crippen LogP contribution in [-0.2, 0) is 0 Å². The number of para-hydroxylation sites is 2. The van der Waals surface area contributed by atoms with E-state index in [9.17, 15) is 17.3 Å². The molecule has 0 aliphatic heterocycles. The lowest BCUT2D eigenvalue weighted by molar-refractivity contribution is -0.400. The van der Waals surface area contributed by atoms with Crippen LogP contribution in [0.25, 0.3) is 22.3 Å². The minimum absolute atomic E-state index is 0.645. The fraction of sp³-hybridized carbons (Fsp3) is 0.0690. The van der Waals surface area contributed by atoms with Gasteiger partial charge in [-0.15, -0.1) is 0 Å². The zero-order chi connectivity index (χ0) is 27.8. The van der Waals surface area contributed by atoms with E-state index in [2.05, 4.69) is 4.99 Å². The molecule has 0 amide bonds. The number of benzene rings is 4. The fourth-order valence-corrected chi connectivity index (χ4v) is 3.76. The number of methoxy groups -OCH3 is 2. The Balaban J connectivity index is 0.000000648. The molecule has 1 N–H and O–H groups in total. The van der Waals surface area contributed by atoms with Gasteiger partial charge in [-0.1, -0.05) is 30.3 Å². The van der Waals surface area contributed by atoms with E-state index in [1.54, 1.807) is 14.2 Å². The second-order valence-electron chi connectivity index (χ2n) is 8.15. The first-order valence-corrected chi connectivity index (χ1v) is 11.8. The van der Waals surface area contributed by atoms with Crippen LogP contribution >= 0.6 is 0 Å². The third kappa shape index (κ3) is 7.64. The van der Waals surface area contributed by atoms with E-state index in [1.807, 2.05) is 103 Å². The van der Waals surface area contributed by atoms with E-state index < -0.39 is 7.25 Å². The van der Waals surface area contributed by atoms with Crippen LogP contribution in [0.5, 0.6) is 23.0 Å². The van der Waals surface area contributed by atoms with Crippen LogP contribution in [0.15, 0.2) is 108 Å². The molecule has 39 heavy (non-hydrogen) atoms. The van der Waals surface area contributed by atoms with E-state index in [0.29, 0.717) is 17.3 Å². The van der Waals surface area contributed by atoms with Gasteiger partial charge < -0.3 is 35.9 Å². The predicted molar refractivity (Wildman–Crippen MR) is 142 cm³/mol. The predicted octanol–water partition coefficient (Wildman–Crippen LogP) is 6.52. The third-order valence-electron chi connectivity index (χ3n) is 5.45. The maximum atomic E-state index is 9.75. The van der Waals surface area contributed by atoms with Crippen molar-refractivity contribution < 1.29 is 40.9 Å². The Kier molecular flexibility index (Phi) is 8.55. The van der Waals surface area contributed by atoms with E-state index in [-0.39, 0.29) is 0 Å². The Morgan fingerprint density at radius 1 is 0.667 bits per heavy atom. The number of nitrogens with one attached hydrogen (secondary N) is 1. The molecule has 0 bridgehead atoms. The summed E-state index contributed by atoms with van der Waals surface area (Å²) in [6.07, 6.45) is 0. The standard InChI is InChI=1S/C29H23NO4.BF4/c1-31-27-17-12-20(18-29(27)32-2)28-19-25(24-10-6-7-11-26(24)34-28)30-21-13-15-23(16-14-21)33-22-8-4-3-5-9-22;2-1(3,4)5/h3-19H,1-2H3;/q;-1/p+1. The number of fused-ring (bicyclic) bond motifs is 1. The summed E-state index contributed by atoms with van der Waals surface area (Å²) in [6, 6.07) is 33.3. The van der Waals surface area contributed by atoms with Crippen molar-refractivity contribution in [2.24, 2.45) is 0 Å². The largest absolute Gasteiger partial charge is 0.673 e. The summed E-state index contributed by atoms with van der Waals surface area (Å²) in [4.78, 5) is 3.53. The smallest absolute Gasteiger partial charge is 0.493 e. The summed E-state index contributed by atoms with van der Waals surface area (Å²) in [7, 11) is -2.76. The molecule has 200 valence electrons. The van der Waals surface area contributed by atoms with Gasteiger partial charge in [0.1, 0.15) is 22.8 Å². The average molecular weight is 537 g/mol. The normalized spacial score (nSPS) is 11.5. The maximum absolute atomic E-state index is 9.75. The summed E-state index contributed by atoms with van der Waals surface area (Å²) >= 11 is 0. The van der Waals surface area contributed by atoms with Crippen molar-refractivity contribution in [3.63, 3.8) is 0 Å². The van der Waals surface area contributed by atoms with Gasteiger partial charge >= 0.3 is 7.25 Å². The quantitative estimate of drug-likeness (QED) is 0.198. The van der Waals surface area contributed by atoms with Crippen molar-refractivity contribution >= 4 is 23.9 Å². The minimum atomic E-state index is -6.00. The van der Waals surface area contributed by atoms with Crippen LogP contribution in [-0.4, -0.2) is 21.5 Å². The number of hydrogen-bond donors (Lipinski definition) is 1. The SMILES string of the molecule is COc1ccc(-c2cc(=[NH+]c3ccc(Oc4ccccc4)cc3)c3ccccc3o2)cc1OC.F[B-](F)(F)F. The highest BCUT2D eigenvalue weighted by atomic mass is 19.5. The molecule has 0 saturated carbocycles. The van der Waals surface area contributed by atoms with Crippen LogP contribution in [0.3, 0.4) is 0 Å². The molecule has 0 aliphatic rings. The van der Waals surface area contributed by atoms with Crippen LogP contribution in [0, 0.1) is 0 Å². The van der Waals surface area contributed by atoms with E-state index >= 15 is 0 Å². The van der Waals surface area contributed by atoms with Gasteiger partial charge in [-0.05, 0) is 54.6 Å². The van der Waals surface area contributed by atoms with Crippen LogP contribution in [0.2, 0.25) is 0 Å². The van der Waals surface area contributed by atoms with Crippen LogP contribution in [0.1, 0.15) is 0 Å². The first kappa shape index (κ1) is 27.3. The third-order valence-corrected chi connectivity index (χ3v) is 5.45. The Labute approximate surface area is 222 Å². The lowest BCUT2D eigenvalue weighted by Gasteiger charge is -2.09. The van der Waals surface area contributed by atoms with Crippen molar-refractivity contribution in [3.8, 4) is 34.3 Å².